The minimum Gasteiger partial charge on any atom is -0.481 e. The maximum atomic E-state index is 12.4. The average Bonchev–Trinajstić information content (AvgIpc) is 2.60. The number of benzene rings is 1. The van der Waals surface area contributed by atoms with Gasteiger partial charge in [-0.3, -0.25) is 5.32 Å². The molecule has 0 radical (unpaired) electrons. The van der Waals surface area contributed by atoms with Crippen molar-refractivity contribution in [2.45, 2.75) is 19.9 Å². The van der Waals surface area contributed by atoms with Gasteiger partial charge in [0.1, 0.15) is 12.1 Å². The lowest BCUT2D eigenvalue weighted by Crippen LogP contribution is -2.42. The number of methoxy groups -OCH3 is 1. The Hall–Kier alpha value is -2.67. The summed E-state index contributed by atoms with van der Waals surface area (Å²) in [7, 11) is 1.49. The van der Waals surface area contributed by atoms with Gasteiger partial charge in [-0.05, 0) is 5.56 Å². The molecule has 0 spiro atoms. The number of aliphatic hydroxyl groups is 1. The molecule has 128 valence electrons. The number of carbonyl (C=O) groups excluding carboxylic acids is 1. The van der Waals surface area contributed by atoms with Gasteiger partial charge in [-0.2, -0.15) is 0 Å². The van der Waals surface area contributed by atoms with Crippen LogP contribution in [0.25, 0.3) is 0 Å². The maximum Gasteiger partial charge on any atom is 0.320 e. The molecule has 1 aromatic heterocycles. The number of hydrogen-bond acceptors (Lipinski definition) is 5. The van der Waals surface area contributed by atoms with E-state index in [-0.39, 0.29) is 12.6 Å². The summed E-state index contributed by atoms with van der Waals surface area (Å²) < 4.78 is 5.00. The van der Waals surface area contributed by atoms with Crippen molar-refractivity contribution >= 4 is 11.8 Å². The predicted octanol–water partition coefficient (Wildman–Crippen LogP) is 2.37. The normalized spacial score (nSPS) is 12.3. The Bertz CT molecular complexity index is 677. The smallest absolute Gasteiger partial charge is 0.320 e. The van der Waals surface area contributed by atoms with Crippen LogP contribution in [0.3, 0.4) is 0 Å². The van der Waals surface area contributed by atoms with Crippen molar-refractivity contribution in [1.29, 1.82) is 0 Å². The molecule has 0 unspecified atom stereocenters. The van der Waals surface area contributed by atoms with Crippen LogP contribution in [0.5, 0.6) is 5.88 Å². The molecule has 24 heavy (non-hydrogen) atoms. The highest BCUT2D eigenvalue weighted by Crippen LogP contribution is 2.32. The van der Waals surface area contributed by atoms with E-state index in [2.05, 4.69) is 20.6 Å². The van der Waals surface area contributed by atoms with E-state index in [0.29, 0.717) is 11.7 Å². The number of ether oxygens (including phenoxy) is 1. The van der Waals surface area contributed by atoms with Crippen LogP contribution in [-0.4, -0.2) is 34.8 Å². The Morgan fingerprint density at radius 1 is 1.29 bits per heavy atom. The Kier molecular flexibility index (Phi) is 5.70. The summed E-state index contributed by atoms with van der Waals surface area (Å²) >= 11 is 0. The van der Waals surface area contributed by atoms with Crippen LogP contribution < -0.4 is 15.4 Å². The molecule has 0 fully saturated rings. The van der Waals surface area contributed by atoms with E-state index >= 15 is 0 Å². The van der Waals surface area contributed by atoms with Crippen molar-refractivity contribution in [2.24, 2.45) is 5.41 Å². The van der Waals surface area contributed by atoms with E-state index in [1.54, 1.807) is 0 Å². The van der Waals surface area contributed by atoms with E-state index in [4.69, 9.17) is 4.74 Å². The highest BCUT2D eigenvalue weighted by Gasteiger charge is 2.31. The fourth-order valence-electron chi connectivity index (χ4n) is 2.27. The summed E-state index contributed by atoms with van der Waals surface area (Å²) in [6, 6.07) is 10.2. The van der Waals surface area contributed by atoms with Gasteiger partial charge in [0.25, 0.3) is 0 Å². The Morgan fingerprint density at radius 2 is 2.00 bits per heavy atom. The minimum atomic E-state index is -0.540. The maximum absolute atomic E-state index is 12.4. The third kappa shape index (κ3) is 4.42. The van der Waals surface area contributed by atoms with Gasteiger partial charge >= 0.3 is 6.03 Å². The summed E-state index contributed by atoms with van der Waals surface area (Å²) in [5, 5.41) is 15.2. The second-order valence-electron chi connectivity index (χ2n) is 6.03. The van der Waals surface area contributed by atoms with Crippen molar-refractivity contribution in [3.63, 3.8) is 0 Å². The third-order valence-electron chi connectivity index (χ3n) is 3.69. The summed E-state index contributed by atoms with van der Waals surface area (Å²) in [6.45, 7) is 3.70. The summed E-state index contributed by atoms with van der Waals surface area (Å²) in [4.78, 5) is 20.2. The number of rotatable bonds is 6. The number of aliphatic hydroxyl groups excluding tert-OH is 1. The number of anilines is 1. The second kappa shape index (κ2) is 7.74. The topological polar surface area (TPSA) is 96.4 Å². The van der Waals surface area contributed by atoms with Gasteiger partial charge in [-0.15, -0.1) is 0 Å². The van der Waals surface area contributed by atoms with Crippen LogP contribution >= 0.6 is 0 Å². The molecule has 0 aliphatic heterocycles. The molecule has 1 atom stereocenters. The van der Waals surface area contributed by atoms with Gasteiger partial charge in [-0.1, -0.05) is 44.2 Å². The van der Waals surface area contributed by atoms with E-state index in [9.17, 15) is 9.90 Å². The van der Waals surface area contributed by atoms with Gasteiger partial charge in [0.15, 0.2) is 0 Å². The molecule has 0 aliphatic carbocycles. The first-order valence-corrected chi connectivity index (χ1v) is 7.55. The number of urea groups is 1. The second-order valence-corrected chi connectivity index (χ2v) is 6.03. The Balaban J connectivity index is 2.15. The molecule has 0 aliphatic rings. The summed E-state index contributed by atoms with van der Waals surface area (Å²) in [5.74, 6) is 0.684. The van der Waals surface area contributed by atoms with E-state index in [1.165, 1.54) is 19.5 Å². The van der Waals surface area contributed by atoms with Crippen LogP contribution in [0.1, 0.15) is 25.5 Å². The summed E-state index contributed by atoms with van der Waals surface area (Å²) in [5.41, 5.74) is 0.370. The molecule has 3 N–H and O–H groups in total. The number of amides is 2. The largest absolute Gasteiger partial charge is 0.481 e. The van der Waals surface area contributed by atoms with Crippen molar-refractivity contribution in [3.05, 3.63) is 48.3 Å². The molecular formula is C17H22N4O3. The number of aromatic nitrogens is 2. The lowest BCUT2D eigenvalue weighted by Gasteiger charge is -2.33. The first-order valence-electron chi connectivity index (χ1n) is 7.55. The molecule has 7 heteroatoms. The summed E-state index contributed by atoms with van der Waals surface area (Å²) in [6.07, 6.45) is 1.31. The van der Waals surface area contributed by atoms with Crippen LogP contribution in [0.2, 0.25) is 0 Å². The number of carbonyl (C=O) groups is 1. The molecule has 0 saturated carbocycles. The molecule has 2 amide bonds. The highest BCUT2D eigenvalue weighted by molar-refractivity contribution is 5.88. The van der Waals surface area contributed by atoms with Crippen LogP contribution in [0.15, 0.2) is 42.7 Å². The van der Waals surface area contributed by atoms with E-state index in [0.717, 1.165) is 5.56 Å². The average molecular weight is 330 g/mol. The van der Waals surface area contributed by atoms with Crippen LogP contribution in [0.4, 0.5) is 10.6 Å². The van der Waals surface area contributed by atoms with Gasteiger partial charge in [-0.25, -0.2) is 14.8 Å². The zero-order valence-corrected chi connectivity index (χ0v) is 14.0. The Morgan fingerprint density at radius 3 is 2.62 bits per heavy atom. The number of nitrogens with zero attached hydrogens (tertiary/aromatic N) is 2. The molecular weight excluding hydrogens is 308 g/mol. The quantitative estimate of drug-likeness (QED) is 0.755. The van der Waals surface area contributed by atoms with Gasteiger partial charge in [0.2, 0.25) is 5.88 Å². The molecule has 1 aromatic carbocycles. The zero-order chi connectivity index (χ0) is 17.6. The van der Waals surface area contributed by atoms with Crippen LogP contribution in [0, 0.1) is 5.41 Å². The molecule has 0 bridgehead atoms. The number of nitrogens with one attached hydrogen (secondary N) is 2. The lowest BCUT2D eigenvalue weighted by atomic mass is 9.81. The monoisotopic (exact) mass is 330 g/mol. The van der Waals surface area contributed by atoms with Gasteiger partial charge < -0.3 is 15.2 Å². The Labute approximate surface area is 141 Å². The fraction of sp³-hybridized carbons (Fsp3) is 0.353. The van der Waals surface area contributed by atoms with Gasteiger partial charge in [0, 0.05) is 11.5 Å². The van der Waals surface area contributed by atoms with Crippen molar-refractivity contribution in [2.75, 3.05) is 19.0 Å². The lowest BCUT2D eigenvalue weighted by molar-refractivity contribution is 0.119. The van der Waals surface area contributed by atoms with Crippen molar-refractivity contribution < 1.29 is 14.6 Å². The number of hydrogen-bond donors (Lipinski definition) is 3. The molecule has 2 aromatic rings. The molecule has 0 saturated heterocycles. The van der Waals surface area contributed by atoms with E-state index in [1.807, 2.05) is 44.2 Å². The zero-order valence-electron chi connectivity index (χ0n) is 14.0. The van der Waals surface area contributed by atoms with E-state index < -0.39 is 11.4 Å². The van der Waals surface area contributed by atoms with Crippen molar-refractivity contribution in [1.82, 2.24) is 15.3 Å². The molecule has 2 rings (SSSR count). The molecule has 7 nitrogen and oxygen atoms in total. The van der Waals surface area contributed by atoms with Crippen molar-refractivity contribution in [3.8, 4) is 5.88 Å². The predicted molar refractivity (Wildman–Crippen MR) is 90.8 cm³/mol. The first kappa shape index (κ1) is 17.7. The first-order chi connectivity index (χ1) is 11.5. The third-order valence-corrected chi connectivity index (χ3v) is 3.69. The minimum absolute atomic E-state index is 0.0752. The fourth-order valence-corrected chi connectivity index (χ4v) is 2.27. The van der Waals surface area contributed by atoms with Gasteiger partial charge in [0.05, 0.1) is 19.8 Å². The standard InChI is InChI=1S/C17H22N4O3/c1-17(2,10-22)15(12-7-5-4-6-8-12)21-16(23)20-13-9-14(24-3)19-11-18-13/h4-9,11,15,22H,10H2,1-3H3,(H2,18,19,20,21,23)/t15-/m1/s1. The molecule has 1 heterocycles. The van der Waals surface area contributed by atoms with Crippen LogP contribution in [-0.2, 0) is 0 Å². The highest BCUT2D eigenvalue weighted by atomic mass is 16.5. The SMILES string of the molecule is COc1cc(NC(=O)N[C@H](c2ccccc2)C(C)(C)CO)ncn1.